The third kappa shape index (κ3) is 58.2. The standard InChI is InChI=1S/C66H128O17P2/c1-9-58(7)44-36-28-19-13-11-12-14-21-32-40-48-65(70)82-61(52-76-63(68)46-38-30-23-17-18-26-34-42-56(3)4)54-80-84(72,73)78-50-60(67)51-79-85(74,75)81-55-62(53-77-64(69)47-39-31-25-24-27-35-43-57(5)6)83-66(71)49-41-33-22-16-15-20-29-37-45-59(8)10-2/h56-62,67H,9-55H2,1-8H3,(H,72,73)(H,74,75)/t58?,59?,60?,61-,62-/m1/s1. The Hall–Kier alpha value is -1.94. The predicted molar refractivity (Wildman–Crippen MR) is 340 cm³/mol. The summed E-state index contributed by atoms with van der Waals surface area (Å²) in [6, 6.07) is 0. The topological polar surface area (TPSA) is 237 Å². The zero-order chi connectivity index (χ0) is 63.2. The van der Waals surface area contributed by atoms with E-state index in [-0.39, 0.29) is 25.7 Å². The van der Waals surface area contributed by atoms with Crippen molar-refractivity contribution in [2.45, 2.75) is 337 Å². The minimum absolute atomic E-state index is 0.103. The average Bonchev–Trinajstić information content (AvgIpc) is 3.55. The lowest BCUT2D eigenvalue weighted by molar-refractivity contribution is -0.161. The van der Waals surface area contributed by atoms with E-state index in [2.05, 4.69) is 55.4 Å². The number of hydrogen-bond donors (Lipinski definition) is 3. The van der Waals surface area contributed by atoms with E-state index in [1.807, 2.05) is 0 Å². The summed E-state index contributed by atoms with van der Waals surface area (Å²) in [5.41, 5.74) is 0. The van der Waals surface area contributed by atoms with Crippen LogP contribution < -0.4 is 0 Å². The molecule has 3 N–H and O–H groups in total. The summed E-state index contributed by atoms with van der Waals surface area (Å²) < 4.78 is 68.1. The molecule has 0 aliphatic rings. The Morgan fingerprint density at radius 1 is 0.329 bits per heavy atom. The molecular weight excluding hydrogens is 1130 g/mol. The smallest absolute Gasteiger partial charge is 0.462 e. The van der Waals surface area contributed by atoms with Crippen LogP contribution in [0.25, 0.3) is 0 Å². The fourth-order valence-electron chi connectivity index (χ4n) is 9.72. The van der Waals surface area contributed by atoms with Crippen LogP contribution in [0, 0.1) is 23.7 Å². The molecule has 0 fully saturated rings. The van der Waals surface area contributed by atoms with Gasteiger partial charge in [-0.15, -0.1) is 0 Å². The molecule has 0 saturated carbocycles. The zero-order valence-electron chi connectivity index (χ0n) is 55.2. The second-order valence-corrected chi connectivity index (χ2v) is 28.2. The van der Waals surface area contributed by atoms with Crippen LogP contribution >= 0.6 is 15.6 Å². The number of phosphoric acid groups is 2. The predicted octanol–water partition coefficient (Wildman–Crippen LogP) is 18.1. The summed E-state index contributed by atoms with van der Waals surface area (Å²) in [6.07, 6.45) is 36.3. The Balaban J connectivity index is 5.26. The van der Waals surface area contributed by atoms with Crippen LogP contribution in [0.2, 0.25) is 0 Å². The first-order valence-corrected chi connectivity index (χ1v) is 37.3. The highest BCUT2D eigenvalue weighted by Crippen LogP contribution is 2.45. The lowest BCUT2D eigenvalue weighted by Gasteiger charge is -2.21. The monoisotopic (exact) mass is 1250 g/mol. The van der Waals surface area contributed by atoms with E-state index in [0.717, 1.165) is 115 Å². The van der Waals surface area contributed by atoms with Crippen molar-refractivity contribution in [3.05, 3.63) is 0 Å². The molecule has 0 aliphatic heterocycles. The van der Waals surface area contributed by atoms with Crippen LogP contribution in [0.3, 0.4) is 0 Å². The fraction of sp³-hybridized carbons (Fsp3) is 0.939. The van der Waals surface area contributed by atoms with E-state index in [0.29, 0.717) is 37.5 Å². The van der Waals surface area contributed by atoms with Gasteiger partial charge in [0, 0.05) is 25.7 Å². The van der Waals surface area contributed by atoms with Crippen molar-refractivity contribution in [3.8, 4) is 0 Å². The minimum Gasteiger partial charge on any atom is -0.462 e. The van der Waals surface area contributed by atoms with Crippen molar-refractivity contribution >= 4 is 39.5 Å². The van der Waals surface area contributed by atoms with E-state index in [1.165, 1.54) is 109 Å². The highest BCUT2D eigenvalue weighted by molar-refractivity contribution is 7.47. The number of aliphatic hydroxyl groups excluding tert-OH is 1. The molecule has 0 radical (unpaired) electrons. The number of phosphoric ester groups is 2. The van der Waals surface area contributed by atoms with Gasteiger partial charge < -0.3 is 33.8 Å². The molecular formula is C66H128O17P2. The molecule has 0 aromatic heterocycles. The first kappa shape index (κ1) is 83.1. The van der Waals surface area contributed by atoms with Gasteiger partial charge in [-0.05, 0) is 49.4 Å². The largest absolute Gasteiger partial charge is 0.472 e. The highest BCUT2D eigenvalue weighted by Gasteiger charge is 2.30. The molecule has 0 amide bonds. The molecule has 504 valence electrons. The maximum Gasteiger partial charge on any atom is 0.472 e. The first-order valence-electron chi connectivity index (χ1n) is 34.3. The quantitative estimate of drug-likeness (QED) is 0.0222. The lowest BCUT2D eigenvalue weighted by atomic mass is 9.99. The molecule has 0 rings (SSSR count). The van der Waals surface area contributed by atoms with Gasteiger partial charge in [0.15, 0.2) is 12.2 Å². The number of carbonyl (C=O) groups is 4. The average molecular weight is 1260 g/mol. The lowest BCUT2D eigenvalue weighted by Crippen LogP contribution is -2.30. The highest BCUT2D eigenvalue weighted by atomic mass is 31.2. The van der Waals surface area contributed by atoms with Crippen molar-refractivity contribution in [2.75, 3.05) is 39.6 Å². The summed E-state index contributed by atoms with van der Waals surface area (Å²) in [7, 11) is -9.89. The van der Waals surface area contributed by atoms with Crippen LogP contribution in [-0.4, -0.2) is 96.7 Å². The Kier molecular flexibility index (Phi) is 54.8. The molecule has 0 aliphatic carbocycles. The van der Waals surface area contributed by atoms with Gasteiger partial charge in [0.25, 0.3) is 0 Å². The van der Waals surface area contributed by atoms with E-state index < -0.39 is 97.5 Å². The number of hydrogen-bond acceptors (Lipinski definition) is 15. The zero-order valence-corrected chi connectivity index (χ0v) is 57.0. The molecule has 5 unspecified atom stereocenters. The maximum atomic E-state index is 13.0. The van der Waals surface area contributed by atoms with Gasteiger partial charge >= 0.3 is 39.5 Å². The normalized spacial score (nSPS) is 15.0. The fourth-order valence-corrected chi connectivity index (χ4v) is 11.3. The van der Waals surface area contributed by atoms with Crippen LogP contribution in [0.1, 0.15) is 319 Å². The summed E-state index contributed by atoms with van der Waals surface area (Å²) in [5, 5.41) is 10.5. The van der Waals surface area contributed by atoms with Crippen molar-refractivity contribution < 1.29 is 80.2 Å². The number of ether oxygens (including phenoxy) is 4. The van der Waals surface area contributed by atoms with Crippen molar-refractivity contribution in [1.82, 2.24) is 0 Å². The summed E-state index contributed by atoms with van der Waals surface area (Å²) in [6.45, 7) is 14.0. The second kappa shape index (κ2) is 56.1. The van der Waals surface area contributed by atoms with Crippen molar-refractivity contribution in [1.29, 1.82) is 0 Å². The second-order valence-electron chi connectivity index (χ2n) is 25.3. The molecule has 0 saturated heterocycles. The Bertz CT molecular complexity index is 1700. The minimum atomic E-state index is -4.95. The Morgan fingerprint density at radius 3 is 0.835 bits per heavy atom. The molecule has 0 aromatic rings. The van der Waals surface area contributed by atoms with E-state index in [9.17, 15) is 43.2 Å². The van der Waals surface area contributed by atoms with E-state index in [4.69, 9.17) is 37.0 Å². The molecule has 17 nitrogen and oxygen atoms in total. The van der Waals surface area contributed by atoms with Gasteiger partial charge in [0.2, 0.25) is 0 Å². The van der Waals surface area contributed by atoms with Gasteiger partial charge in [-0.3, -0.25) is 37.3 Å². The van der Waals surface area contributed by atoms with E-state index in [1.54, 1.807) is 0 Å². The first-order chi connectivity index (χ1) is 40.7. The molecule has 0 aromatic carbocycles. The van der Waals surface area contributed by atoms with Gasteiger partial charge in [-0.25, -0.2) is 9.13 Å². The molecule has 19 heteroatoms. The molecule has 0 spiro atoms. The van der Waals surface area contributed by atoms with Crippen LogP contribution in [0.4, 0.5) is 0 Å². The summed E-state index contributed by atoms with van der Waals surface area (Å²) in [5.74, 6) is 0.818. The van der Waals surface area contributed by atoms with Gasteiger partial charge in [0.05, 0.1) is 26.4 Å². The number of aliphatic hydroxyl groups is 1. The Labute approximate surface area is 517 Å². The van der Waals surface area contributed by atoms with Gasteiger partial charge in [0.1, 0.15) is 19.3 Å². The van der Waals surface area contributed by atoms with Crippen LogP contribution in [-0.2, 0) is 65.4 Å². The third-order valence-electron chi connectivity index (χ3n) is 15.8. The Morgan fingerprint density at radius 2 is 0.565 bits per heavy atom. The maximum absolute atomic E-state index is 13.0. The third-order valence-corrected chi connectivity index (χ3v) is 17.7. The van der Waals surface area contributed by atoms with Gasteiger partial charge in [-0.1, -0.05) is 267 Å². The van der Waals surface area contributed by atoms with E-state index >= 15 is 0 Å². The molecule has 7 atom stereocenters. The SMILES string of the molecule is CCC(C)CCCCCCCCCCCCC(=O)O[C@H](COC(=O)CCCCCCCCCC(C)C)COP(=O)(O)OCC(O)COP(=O)(O)OC[C@@H](COC(=O)CCCCCCCCC(C)C)OC(=O)CCCCCCCCCCC(C)CC. The van der Waals surface area contributed by atoms with Crippen LogP contribution in [0.15, 0.2) is 0 Å². The number of carbonyl (C=O) groups excluding carboxylic acids is 4. The summed E-state index contributed by atoms with van der Waals surface area (Å²) >= 11 is 0. The number of unbranched alkanes of at least 4 members (excludes halogenated alkanes) is 27. The molecule has 85 heavy (non-hydrogen) atoms. The molecule has 0 bridgehead atoms. The number of esters is 4. The van der Waals surface area contributed by atoms with Crippen molar-refractivity contribution in [3.63, 3.8) is 0 Å². The molecule has 0 heterocycles. The summed E-state index contributed by atoms with van der Waals surface area (Å²) in [4.78, 5) is 72.3. The van der Waals surface area contributed by atoms with Crippen molar-refractivity contribution in [2.24, 2.45) is 23.7 Å². The van der Waals surface area contributed by atoms with Crippen LogP contribution in [0.5, 0.6) is 0 Å². The van der Waals surface area contributed by atoms with Gasteiger partial charge in [-0.2, -0.15) is 0 Å². The number of rotatable bonds is 63.